The SMILES string of the molecule is CCN1CCOC(C(O)Cc2ncnn2C)C1. The van der Waals surface area contributed by atoms with Crippen molar-refractivity contribution in [2.45, 2.75) is 25.6 Å². The van der Waals surface area contributed by atoms with Gasteiger partial charge < -0.3 is 9.84 Å². The van der Waals surface area contributed by atoms with Crippen molar-refractivity contribution in [3.05, 3.63) is 12.2 Å². The zero-order valence-electron chi connectivity index (χ0n) is 10.4. The number of hydrogen-bond donors (Lipinski definition) is 1. The molecule has 0 bridgehead atoms. The van der Waals surface area contributed by atoms with E-state index in [1.54, 1.807) is 4.68 Å². The minimum Gasteiger partial charge on any atom is -0.390 e. The first kappa shape index (κ1) is 12.5. The van der Waals surface area contributed by atoms with E-state index in [-0.39, 0.29) is 6.10 Å². The van der Waals surface area contributed by atoms with Crippen LogP contribution in [0.4, 0.5) is 0 Å². The monoisotopic (exact) mass is 240 g/mol. The third-order valence-electron chi connectivity index (χ3n) is 3.25. The van der Waals surface area contributed by atoms with Crippen LogP contribution in [0.25, 0.3) is 0 Å². The number of aromatic nitrogens is 3. The second-order valence-electron chi connectivity index (χ2n) is 4.37. The molecule has 6 heteroatoms. The maximum atomic E-state index is 10.2. The highest BCUT2D eigenvalue weighted by atomic mass is 16.5. The molecule has 0 saturated carbocycles. The van der Waals surface area contributed by atoms with Gasteiger partial charge in [0, 0.05) is 26.6 Å². The highest BCUT2D eigenvalue weighted by Gasteiger charge is 2.27. The van der Waals surface area contributed by atoms with E-state index in [2.05, 4.69) is 21.9 Å². The third-order valence-corrected chi connectivity index (χ3v) is 3.25. The van der Waals surface area contributed by atoms with Crippen LogP contribution in [0, 0.1) is 0 Å². The lowest BCUT2D eigenvalue weighted by Gasteiger charge is -2.34. The summed E-state index contributed by atoms with van der Waals surface area (Å²) in [5.74, 6) is 0.787. The molecule has 17 heavy (non-hydrogen) atoms. The molecule has 6 nitrogen and oxygen atoms in total. The van der Waals surface area contributed by atoms with Gasteiger partial charge in [0.1, 0.15) is 12.2 Å². The average Bonchev–Trinajstić information content (AvgIpc) is 2.75. The first-order valence-electron chi connectivity index (χ1n) is 6.05. The summed E-state index contributed by atoms with van der Waals surface area (Å²) >= 11 is 0. The van der Waals surface area contributed by atoms with Crippen molar-refractivity contribution in [3.63, 3.8) is 0 Å². The van der Waals surface area contributed by atoms with E-state index >= 15 is 0 Å². The van der Waals surface area contributed by atoms with Gasteiger partial charge in [-0.2, -0.15) is 5.10 Å². The van der Waals surface area contributed by atoms with Crippen LogP contribution in [0.2, 0.25) is 0 Å². The second-order valence-corrected chi connectivity index (χ2v) is 4.37. The van der Waals surface area contributed by atoms with Gasteiger partial charge in [-0.25, -0.2) is 4.98 Å². The minimum absolute atomic E-state index is 0.125. The summed E-state index contributed by atoms with van der Waals surface area (Å²) in [5.41, 5.74) is 0. The lowest BCUT2D eigenvalue weighted by molar-refractivity contribution is -0.0874. The van der Waals surface area contributed by atoms with Gasteiger partial charge >= 0.3 is 0 Å². The zero-order chi connectivity index (χ0) is 12.3. The summed E-state index contributed by atoms with van der Waals surface area (Å²) in [6.45, 7) is 5.54. The summed E-state index contributed by atoms with van der Waals surface area (Å²) in [4.78, 5) is 6.40. The maximum Gasteiger partial charge on any atom is 0.138 e. The molecule has 96 valence electrons. The largest absolute Gasteiger partial charge is 0.390 e. The molecule has 1 aliphatic heterocycles. The summed E-state index contributed by atoms with van der Waals surface area (Å²) in [6, 6.07) is 0. The Labute approximate surface area is 101 Å². The molecular weight excluding hydrogens is 220 g/mol. The normalized spacial score (nSPS) is 23.8. The highest BCUT2D eigenvalue weighted by Crippen LogP contribution is 2.11. The molecule has 1 N–H and O–H groups in total. The summed E-state index contributed by atoms with van der Waals surface area (Å²) in [5, 5.41) is 14.1. The van der Waals surface area contributed by atoms with Crippen molar-refractivity contribution in [1.29, 1.82) is 0 Å². The Morgan fingerprint density at radius 1 is 1.65 bits per heavy atom. The summed E-state index contributed by atoms with van der Waals surface area (Å²) in [7, 11) is 1.83. The molecule has 2 heterocycles. The molecular formula is C11H20N4O2. The lowest BCUT2D eigenvalue weighted by atomic mass is 10.1. The van der Waals surface area contributed by atoms with Crippen molar-refractivity contribution in [3.8, 4) is 0 Å². The summed E-state index contributed by atoms with van der Waals surface area (Å²) in [6.07, 6.45) is 1.34. The molecule has 1 aliphatic rings. The fraction of sp³-hybridized carbons (Fsp3) is 0.818. The van der Waals surface area contributed by atoms with Crippen molar-refractivity contribution < 1.29 is 9.84 Å². The van der Waals surface area contributed by atoms with E-state index in [0.29, 0.717) is 13.0 Å². The number of aliphatic hydroxyl groups excluding tert-OH is 1. The van der Waals surface area contributed by atoms with Crippen molar-refractivity contribution in [2.75, 3.05) is 26.2 Å². The van der Waals surface area contributed by atoms with Crippen LogP contribution < -0.4 is 0 Å². The van der Waals surface area contributed by atoms with E-state index < -0.39 is 6.10 Å². The maximum absolute atomic E-state index is 10.2. The van der Waals surface area contributed by atoms with Gasteiger partial charge in [0.15, 0.2) is 0 Å². The average molecular weight is 240 g/mol. The Kier molecular flexibility index (Phi) is 4.09. The Bertz CT molecular complexity index is 355. The predicted octanol–water partition coefficient (Wildman–Crippen LogP) is -0.561. The number of morpholine rings is 1. The number of rotatable bonds is 4. The van der Waals surface area contributed by atoms with Gasteiger partial charge in [0.25, 0.3) is 0 Å². The first-order chi connectivity index (χ1) is 8.20. The van der Waals surface area contributed by atoms with Gasteiger partial charge in [-0.05, 0) is 6.54 Å². The van der Waals surface area contributed by atoms with E-state index in [1.165, 1.54) is 6.33 Å². The van der Waals surface area contributed by atoms with Gasteiger partial charge in [-0.3, -0.25) is 9.58 Å². The zero-order valence-corrected chi connectivity index (χ0v) is 10.4. The van der Waals surface area contributed by atoms with Crippen molar-refractivity contribution in [1.82, 2.24) is 19.7 Å². The smallest absolute Gasteiger partial charge is 0.138 e. The molecule has 1 aromatic rings. The minimum atomic E-state index is -0.521. The molecule has 0 aromatic carbocycles. The molecule has 0 spiro atoms. The molecule has 2 unspecified atom stereocenters. The van der Waals surface area contributed by atoms with Crippen molar-refractivity contribution >= 4 is 0 Å². The third kappa shape index (κ3) is 3.02. The van der Waals surface area contributed by atoms with Crippen LogP contribution in [-0.4, -0.2) is 63.2 Å². The lowest BCUT2D eigenvalue weighted by Crippen LogP contribution is -2.48. The Balaban J connectivity index is 1.91. The molecule has 0 amide bonds. The number of nitrogens with zero attached hydrogens (tertiary/aromatic N) is 4. The fourth-order valence-corrected chi connectivity index (χ4v) is 2.08. The predicted molar refractivity (Wildman–Crippen MR) is 62.6 cm³/mol. The molecule has 0 radical (unpaired) electrons. The topological polar surface area (TPSA) is 63.4 Å². The number of aryl methyl sites for hydroxylation is 1. The molecule has 1 fully saturated rings. The quantitative estimate of drug-likeness (QED) is 0.764. The van der Waals surface area contributed by atoms with E-state index in [4.69, 9.17) is 4.74 Å². The Morgan fingerprint density at radius 3 is 3.12 bits per heavy atom. The molecule has 2 atom stereocenters. The van der Waals surface area contributed by atoms with Gasteiger partial charge in [-0.1, -0.05) is 6.92 Å². The van der Waals surface area contributed by atoms with E-state index in [0.717, 1.165) is 25.5 Å². The first-order valence-corrected chi connectivity index (χ1v) is 6.05. The summed E-state index contributed by atoms with van der Waals surface area (Å²) < 4.78 is 7.30. The Hall–Kier alpha value is -0.980. The van der Waals surface area contributed by atoms with Crippen LogP contribution in [0.3, 0.4) is 0 Å². The van der Waals surface area contributed by atoms with Gasteiger partial charge in [0.05, 0.1) is 18.8 Å². The number of aliphatic hydroxyl groups is 1. The van der Waals surface area contributed by atoms with Crippen LogP contribution >= 0.6 is 0 Å². The standard InChI is InChI=1S/C11H20N4O2/c1-3-15-4-5-17-10(7-15)9(16)6-11-12-8-13-14(11)2/h8-10,16H,3-7H2,1-2H3. The van der Waals surface area contributed by atoms with E-state index in [9.17, 15) is 5.11 Å². The second kappa shape index (κ2) is 5.57. The number of ether oxygens (including phenoxy) is 1. The van der Waals surface area contributed by atoms with Crippen LogP contribution in [0.5, 0.6) is 0 Å². The molecule has 0 aliphatic carbocycles. The molecule has 2 rings (SSSR count). The van der Waals surface area contributed by atoms with Crippen LogP contribution in [0.1, 0.15) is 12.7 Å². The van der Waals surface area contributed by atoms with Gasteiger partial charge in [0.2, 0.25) is 0 Å². The highest BCUT2D eigenvalue weighted by molar-refractivity contribution is 4.90. The van der Waals surface area contributed by atoms with E-state index in [1.807, 2.05) is 7.05 Å². The van der Waals surface area contributed by atoms with Crippen LogP contribution in [0.15, 0.2) is 6.33 Å². The molecule has 1 saturated heterocycles. The fourth-order valence-electron chi connectivity index (χ4n) is 2.08. The number of hydrogen-bond acceptors (Lipinski definition) is 5. The Morgan fingerprint density at radius 2 is 2.47 bits per heavy atom. The number of likely N-dealkylation sites (N-methyl/N-ethyl adjacent to an activating group) is 1. The van der Waals surface area contributed by atoms with Crippen molar-refractivity contribution in [2.24, 2.45) is 7.05 Å². The van der Waals surface area contributed by atoms with Gasteiger partial charge in [-0.15, -0.1) is 0 Å². The molecule has 1 aromatic heterocycles. The van der Waals surface area contributed by atoms with Crippen LogP contribution in [-0.2, 0) is 18.2 Å².